The summed E-state index contributed by atoms with van der Waals surface area (Å²) in [6, 6.07) is 0.127. The first-order chi connectivity index (χ1) is 6.26. The highest BCUT2D eigenvalue weighted by Crippen LogP contribution is 2.00. The van der Waals surface area contributed by atoms with E-state index in [-0.39, 0.29) is 6.04 Å². The molecule has 0 bridgehead atoms. The average Bonchev–Trinajstić information content (AvgIpc) is 2.16. The van der Waals surface area contributed by atoms with Crippen LogP contribution in [0.25, 0.3) is 0 Å². The molecule has 0 saturated carbocycles. The summed E-state index contributed by atoms with van der Waals surface area (Å²) in [4.78, 5) is 16.3. The Morgan fingerprint density at radius 1 is 1.62 bits per heavy atom. The second kappa shape index (κ2) is 7.53. The van der Waals surface area contributed by atoms with Crippen LogP contribution in [-0.2, 0) is 4.79 Å². The molecule has 3 nitrogen and oxygen atoms in total. The van der Waals surface area contributed by atoms with E-state index in [0.717, 1.165) is 19.3 Å². The van der Waals surface area contributed by atoms with E-state index in [1.165, 1.54) is 0 Å². The Balaban J connectivity index is 4.06. The van der Waals surface area contributed by atoms with Gasteiger partial charge in [0, 0.05) is 13.3 Å². The molecule has 3 heteroatoms. The van der Waals surface area contributed by atoms with Crippen molar-refractivity contribution in [3.8, 4) is 0 Å². The number of amides is 1. The molecule has 74 valence electrons. The lowest BCUT2D eigenvalue weighted by molar-refractivity contribution is -0.117. The van der Waals surface area contributed by atoms with Gasteiger partial charge >= 0.3 is 0 Å². The first-order valence-electron chi connectivity index (χ1n) is 4.54. The van der Waals surface area contributed by atoms with E-state index in [2.05, 4.69) is 18.5 Å². The Bertz CT molecular complexity index is 178. The van der Waals surface area contributed by atoms with Crippen LogP contribution in [-0.4, -0.2) is 37.2 Å². The Kier molecular flexibility index (Phi) is 6.88. The van der Waals surface area contributed by atoms with Gasteiger partial charge in [-0.05, 0) is 6.42 Å². The maximum absolute atomic E-state index is 10.5. The number of rotatable bonds is 7. The van der Waals surface area contributed by atoms with Crippen LogP contribution in [0.4, 0.5) is 0 Å². The summed E-state index contributed by atoms with van der Waals surface area (Å²) in [6.07, 6.45) is 6.39. The smallest absolute Gasteiger partial charge is 0.209 e. The van der Waals surface area contributed by atoms with Crippen LogP contribution in [0, 0.1) is 0 Å². The van der Waals surface area contributed by atoms with Crippen molar-refractivity contribution in [1.29, 1.82) is 0 Å². The number of carbonyl (C=O) groups is 1. The molecule has 1 amide bonds. The van der Waals surface area contributed by atoms with Gasteiger partial charge in [0.15, 0.2) is 0 Å². The largest absolute Gasteiger partial charge is 0.340 e. The van der Waals surface area contributed by atoms with Gasteiger partial charge in [0.1, 0.15) is 0 Å². The molecule has 0 fully saturated rings. The van der Waals surface area contributed by atoms with Gasteiger partial charge in [0.2, 0.25) is 6.41 Å². The normalized spacial score (nSPS) is 12.8. The fourth-order valence-electron chi connectivity index (χ4n) is 1.01. The SMILES string of the molecule is C=CCN=CC(CCC)N(C)C=O. The molecule has 0 aromatic carbocycles. The van der Waals surface area contributed by atoms with Crippen molar-refractivity contribution in [1.82, 2.24) is 4.90 Å². The van der Waals surface area contributed by atoms with Crippen LogP contribution in [0.15, 0.2) is 17.6 Å². The van der Waals surface area contributed by atoms with E-state index < -0.39 is 0 Å². The third kappa shape index (κ3) is 5.17. The summed E-state index contributed by atoms with van der Waals surface area (Å²) in [5.74, 6) is 0. The van der Waals surface area contributed by atoms with E-state index in [1.54, 1.807) is 18.0 Å². The molecule has 0 aromatic rings. The molecule has 0 aromatic heterocycles. The molecule has 0 N–H and O–H groups in total. The van der Waals surface area contributed by atoms with Crippen molar-refractivity contribution in [3.05, 3.63) is 12.7 Å². The summed E-state index contributed by atoms with van der Waals surface area (Å²) < 4.78 is 0. The topological polar surface area (TPSA) is 32.7 Å². The minimum atomic E-state index is 0.127. The van der Waals surface area contributed by atoms with Gasteiger partial charge in [0.05, 0.1) is 12.6 Å². The number of hydrogen-bond donors (Lipinski definition) is 0. The lowest BCUT2D eigenvalue weighted by Crippen LogP contribution is -2.31. The molecular weight excluding hydrogens is 164 g/mol. The minimum Gasteiger partial charge on any atom is -0.340 e. The summed E-state index contributed by atoms with van der Waals surface area (Å²) >= 11 is 0. The Labute approximate surface area is 80.2 Å². The number of aliphatic imine (C=N–C) groups is 1. The van der Waals surface area contributed by atoms with Gasteiger partial charge in [-0.3, -0.25) is 9.79 Å². The molecule has 0 rings (SSSR count). The van der Waals surface area contributed by atoms with Gasteiger partial charge in [-0.25, -0.2) is 0 Å². The van der Waals surface area contributed by atoms with Crippen molar-refractivity contribution in [3.63, 3.8) is 0 Å². The second-order valence-corrected chi connectivity index (χ2v) is 2.93. The van der Waals surface area contributed by atoms with E-state index in [9.17, 15) is 4.79 Å². The number of nitrogens with zero attached hydrogens (tertiary/aromatic N) is 2. The molecular formula is C10H18N2O. The van der Waals surface area contributed by atoms with Crippen molar-refractivity contribution in [2.45, 2.75) is 25.8 Å². The zero-order valence-corrected chi connectivity index (χ0v) is 8.44. The predicted octanol–water partition coefficient (Wildman–Crippen LogP) is 1.50. The van der Waals surface area contributed by atoms with Crippen LogP contribution < -0.4 is 0 Å². The van der Waals surface area contributed by atoms with Crippen molar-refractivity contribution >= 4 is 12.6 Å². The Hall–Kier alpha value is -1.12. The van der Waals surface area contributed by atoms with Crippen LogP contribution in [0.5, 0.6) is 0 Å². The molecule has 0 aliphatic heterocycles. The summed E-state index contributed by atoms with van der Waals surface area (Å²) in [5.41, 5.74) is 0. The number of hydrogen-bond acceptors (Lipinski definition) is 2. The highest BCUT2D eigenvalue weighted by Gasteiger charge is 2.07. The van der Waals surface area contributed by atoms with Crippen LogP contribution in [0.2, 0.25) is 0 Å². The van der Waals surface area contributed by atoms with Gasteiger partial charge < -0.3 is 4.90 Å². The zero-order chi connectivity index (χ0) is 10.1. The van der Waals surface area contributed by atoms with Crippen LogP contribution >= 0.6 is 0 Å². The fourth-order valence-corrected chi connectivity index (χ4v) is 1.01. The van der Waals surface area contributed by atoms with E-state index in [0.29, 0.717) is 6.54 Å². The maximum Gasteiger partial charge on any atom is 0.209 e. The number of carbonyl (C=O) groups excluding carboxylic acids is 1. The lowest BCUT2D eigenvalue weighted by Gasteiger charge is -2.19. The second-order valence-electron chi connectivity index (χ2n) is 2.93. The standard InChI is InChI=1S/C10H18N2O/c1-4-6-10(12(3)9-13)8-11-7-5-2/h5,8-10H,2,4,6-7H2,1,3H3. The lowest BCUT2D eigenvalue weighted by atomic mass is 10.2. The molecule has 13 heavy (non-hydrogen) atoms. The summed E-state index contributed by atoms with van der Waals surface area (Å²) in [5, 5.41) is 0. The summed E-state index contributed by atoms with van der Waals surface area (Å²) in [7, 11) is 1.77. The van der Waals surface area contributed by atoms with Gasteiger partial charge in [-0.1, -0.05) is 19.4 Å². The van der Waals surface area contributed by atoms with E-state index >= 15 is 0 Å². The first kappa shape index (κ1) is 11.9. The molecule has 1 atom stereocenters. The highest BCUT2D eigenvalue weighted by molar-refractivity contribution is 5.68. The van der Waals surface area contributed by atoms with Crippen LogP contribution in [0.3, 0.4) is 0 Å². The van der Waals surface area contributed by atoms with E-state index in [4.69, 9.17) is 0 Å². The average molecular weight is 182 g/mol. The Morgan fingerprint density at radius 2 is 2.31 bits per heavy atom. The van der Waals surface area contributed by atoms with Crippen molar-refractivity contribution < 1.29 is 4.79 Å². The molecule has 0 heterocycles. The fraction of sp³-hybridized carbons (Fsp3) is 0.600. The molecule has 0 aliphatic carbocycles. The molecule has 0 spiro atoms. The monoisotopic (exact) mass is 182 g/mol. The maximum atomic E-state index is 10.5. The zero-order valence-electron chi connectivity index (χ0n) is 8.44. The van der Waals surface area contributed by atoms with Crippen LogP contribution in [0.1, 0.15) is 19.8 Å². The molecule has 0 radical (unpaired) electrons. The highest BCUT2D eigenvalue weighted by atomic mass is 16.1. The minimum absolute atomic E-state index is 0.127. The quantitative estimate of drug-likeness (QED) is 0.333. The third-order valence-electron chi connectivity index (χ3n) is 1.79. The predicted molar refractivity (Wildman–Crippen MR) is 56.1 cm³/mol. The summed E-state index contributed by atoms with van der Waals surface area (Å²) in [6.45, 7) is 6.28. The molecule has 1 unspecified atom stereocenters. The van der Waals surface area contributed by atoms with Gasteiger partial charge in [-0.2, -0.15) is 0 Å². The van der Waals surface area contributed by atoms with Gasteiger partial charge in [-0.15, -0.1) is 6.58 Å². The van der Waals surface area contributed by atoms with Gasteiger partial charge in [0.25, 0.3) is 0 Å². The molecule has 0 saturated heterocycles. The van der Waals surface area contributed by atoms with Crippen molar-refractivity contribution in [2.75, 3.05) is 13.6 Å². The first-order valence-corrected chi connectivity index (χ1v) is 4.54. The molecule has 0 aliphatic rings. The third-order valence-corrected chi connectivity index (χ3v) is 1.79. The van der Waals surface area contributed by atoms with E-state index in [1.807, 2.05) is 6.21 Å². The van der Waals surface area contributed by atoms with Crippen molar-refractivity contribution in [2.24, 2.45) is 4.99 Å². The Morgan fingerprint density at radius 3 is 2.77 bits per heavy atom.